The number of carbonyl (C=O) groups excluding carboxylic acids is 1. The van der Waals surface area contributed by atoms with Crippen molar-refractivity contribution in [2.45, 2.75) is 46.1 Å². The van der Waals surface area contributed by atoms with Crippen LogP contribution in [0.25, 0.3) is 11.6 Å². The lowest BCUT2D eigenvalue weighted by Gasteiger charge is -2.17. The largest absolute Gasteiger partial charge is 0.494 e. The molecule has 2 heterocycles. The second-order valence-electron chi connectivity index (χ2n) is 7.21. The van der Waals surface area contributed by atoms with Crippen molar-refractivity contribution in [2.24, 2.45) is 4.99 Å². The molecule has 158 valence electrons. The molecule has 0 fully saturated rings. The Kier molecular flexibility index (Phi) is 6.66. The van der Waals surface area contributed by atoms with Crippen molar-refractivity contribution in [1.29, 1.82) is 0 Å². The van der Waals surface area contributed by atoms with Crippen molar-refractivity contribution in [3.63, 3.8) is 0 Å². The zero-order chi connectivity index (χ0) is 21.8. The predicted octanol–water partition coefficient (Wildman–Crippen LogP) is 2.32. The predicted molar refractivity (Wildman–Crippen MR) is 119 cm³/mol. The highest BCUT2D eigenvalue weighted by molar-refractivity contribution is 7.71. The molecule has 1 aliphatic heterocycles. The van der Waals surface area contributed by atoms with E-state index in [4.69, 9.17) is 12.2 Å². The molecule has 8 heteroatoms. The number of benzene rings is 1. The van der Waals surface area contributed by atoms with E-state index in [-0.39, 0.29) is 28.2 Å². The van der Waals surface area contributed by atoms with E-state index >= 15 is 0 Å². The zero-order valence-corrected chi connectivity index (χ0v) is 18.2. The molecule has 2 aromatic rings. The number of nitrogens with one attached hydrogen (secondary N) is 2. The zero-order valence-electron chi connectivity index (χ0n) is 17.4. The SMILES string of the molecule is CCC(=O)NCCC1=c2ccccc2=NC1=Cc1c(O)n([C@H](C)CC)c(=S)[nH]c1=O. The normalized spacial score (nSPS) is 15.0. The summed E-state index contributed by atoms with van der Waals surface area (Å²) in [7, 11) is 0. The third-order valence-electron chi connectivity index (χ3n) is 5.26. The van der Waals surface area contributed by atoms with Crippen LogP contribution in [0, 0.1) is 4.77 Å². The molecule has 0 saturated carbocycles. The molecular formula is C22H26N4O3S. The van der Waals surface area contributed by atoms with Crippen LogP contribution in [0.2, 0.25) is 0 Å². The quantitative estimate of drug-likeness (QED) is 0.592. The Labute approximate surface area is 179 Å². The average molecular weight is 427 g/mol. The van der Waals surface area contributed by atoms with Crippen LogP contribution in [-0.4, -0.2) is 27.1 Å². The summed E-state index contributed by atoms with van der Waals surface area (Å²) < 4.78 is 1.74. The Bertz CT molecular complexity index is 1240. The third-order valence-corrected chi connectivity index (χ3v) is 5.56. The summed E-state index contributed by atoms with van der Waals surface area (Å²) in [5, 5.41) is 15.4. The van der Waals surface area contributed by atoms with Crippen molar-refractivity contribution in [3.8, 4) is 5.88 Å². The summed E-state index contributed by atoms with van der Waals surface area (Å²) in [6.07, 6.45) is 3.32. The number of carbonyl (C=O) groups is 1. The molecule has 30 heavy (non-hydrogen) atoms. The summed E-state index contributed by atoms with van der Waals surface area (Å²) in [5.41, 5.74) is 1.16. The Hall–Kier alpha value is -3.00. The maximum Gasteiger partial charge on any atom is 0.262 e. The van der Waals surface area contributed by atoms with Gasteiger partial charge in [0, 0.05) is 24.2 Å². The fourth-order valence-electron chi connectivity index (χ4n) is 3.41. The number of amides is 1. The van der Waals surface area contributed by atoms with Crippen molar-refractivity contribution in [3.05, 3.63) is 61.2 Å². The van der Waals surface area contributed by atoms with E-state index in [0.717, 1.165) is 22.6 Å². The van der Waals surface area contributed by atoms with Gasteiger partial charge in [0.25, 0.3) is 5.56 Å². The molecule has 1 aliphatic rings. The fourth-order valence-corrected chi connectivity index (χ4v) is 3.77. The van der Waals surface area contributed by atoms with Gasteiger partial charge in [0.15, 0.2) is 4.77 Å². The number of rotatable bonds is 7. The summed E-state index contributed by atoms with van der Waals surface area (Å²) in [6, 6.07) is 7.62. The van der Waals surface area contributed by atoms with Gasteiger partial charge in [0.1, 0.15) is 5.56 Å². The highest BCUT2D eigenvalue weighted by Gasteiger charge is 2.18. The molecule has 7 nitrogen and oxygen atoms in total. The van der Waals surface area contributed by atoms with E-state index in [2.05, 4.69) is 15.3 Å². The van der Waals surface area contributed by atoms with Gasteiger partial charge in [-0.05, 0) is 49.7 Å². The minimum absolute atomic E-state index is 0.0194. The van der Waals surface area contributed by atoms with E-state index in [0.29, 0.717) is 25.1 Å². The maximum absolute atomic E-state index is 12.6. The first-order chi connectivity index (χ1) is 14.4. The molecule has 1 atom stereocenters. The second kappa shape index (κ2) is 9.21. The molecule has 3 N–H and O–H groups in total. The van der Waals surface area contributed by atoms with Gasteiger partial charge < -0.3 is 10.4 Å². The number of allylic oxidation sites excluding steroid dienone is 1. The number of aromatic hydroxyl groups is 1. The van der Waals surface area contributed by atoms with Gasteiger partial charge in [-0.1, -0.05) is 32.0 Å². The van der Waals surface area contributed by atoms with Crippen molar-refractivity contribution in [1.82, 2.24) is 14.9 Å². The highest BCUT2D eigenvalue weighted by atomic mass is 32.1. The molecule has 1 aromatic carbocycles. The van der Waals surface area contributed by atoms with Crippen LogP contribution in [0.15, 0.2) is 39.7 Å². The topological polar surface area (TPSA) is 99.5 Å². The first kappa shape index (κ1) is 21.7. The Morgan fingerprint density at radius 3 is 2.80 bits per heavy atom. The number of hydrogen-bond acceptors (Lipinski definition) is 5. The van der Waals surface area contributed by atoms with E-state index in [1.165, 1.54) is 0 Å². The molecule has 3 rings (SSSR count). The lowest BCUT2D eigenvalue weighted by atomic mass is 10.1. The van der Waals surface area contributed by atoms with E-state index in [1.54, 1.807) is 17.6 Å². The van der Waals surface area contributed by atoms with Crippen LogP contribution in [-0.2, 0) is 4.79 Å². The number of aromatic nitrogens is 2. The number of hydrogen-bond donors (Lipinski definition) is 3. The molecule has 1 aromatic heterocycles. The Balaban J connectivity index is 2.11. The van der Waals surface area contributed by atoms with Crippen LogP contribution in [0.3, 0.4) is 0 Å². The van der Waals surface area contributed by atoms with E-state index in [9.17, 15) is 14.7 Å². The molecule has 0 radical (unpaired) electrons. The van der Waals surface area contributed by atoms with Crippen molar-refractivity contribution < 1.29 is 9.90 Å². The first-order valence-corrected chi connectivity index (χ1v) is 10.5. The number of nitrogens with zero attached hydrogens (tertiary/aromatic N) is 2. The van der Waals surface area contributed by atoms with Crippen LogP contribution in [0.5, 0.6) is 5.88 Å². The summed E-state index contributed by atoms with van der Waals surface area (Å²) in [6.45, 7) is 6.17. The van der Waals surface area contributed by atoms with Gasteiger partial charge in [-0.15, -0.1) is 0 Å². The smallest absolute Gasteiger partial charge is 0.262 e. The van der Waals surface area contributed by atoms with Crippen molar-refractivity contribution in [2.75, 3.05) is 6.54 Å². The fraction of sp³-hybridized carbons (Fsp3) is 0.364. The number of para-hydroxylation sites is 1. The van der Waals surface area contributed by atoms with E-state index in [1.807, 2.05) is 38.1 Å². The monoisotopic (exact) mass is 426 g/mol. The van der Waals surface area contributed by atoms with Gasteiger partial charge in [-0.3, -0.25) is 19.1 Å². The molecule has 0 saturated heterocycles. The lowest BCUT2D eigenvalue weighted by molar-refractivity contribution is -0.120. The second-order valence-corrected chi connectivity index (χ2v) is 7.60. The molecule has 1 amide bonds. The van der Waals surface area contributed by atoms with Gasteiger partial charge in [-0.25, -0.2) is 4.99 Å². The van der Waals surface area contributed by atoms with Gasteiger partial charge in [0.2, 0.25) is 11.8 Å². The minimum atomic E-state index is -0.464. The molecule has 0 aliphatic carbocycles. The third kappa shape index (κ3) is 4.28. The maximum atomic E-state index is 12.6. The molecular weight excluding hydrogens is 400 g/mol. The van der Waals surface area contributed by atoms with Crippen molar-refractivity contribution >= 4 is 29.8 Å². The number of aromatic amines is 1. The highest BCUT2D eigenvalue weighted by Crippen LogP contribution is 2.26. The summed E-state index contributed by atoms with van der Waals surface area (Å²) >= 11 is 5.24. The molecule has 0 unspecified atom stereocenters. The summed E-state index contributed by atoms with van der Waals surface area (Å²) in [4.78, 5) is 31.5. The average Bonchev–Trinajstić information content (AvgIpc) is 3.07. The molecule has 0 bridgehead atoms. The van der Waals surface area contributed by atoms with Gasteiger partial charge in [-0.2, -0.15) is 0 Å². The molecule has 0 spiro atoms. The van der Waals surface area contributed by atoms with Crippen LogP contribution in [0.4, 0.5) is 0 Å². The minimum Gasteiger partial charge on any atom is -0.494 e. The van der Waals surface area contributed by atoms with Gasteiger partial charge in [0.05, 0.1) is 11.1 Å². The van der Waals surface area contributed by atoms with Gasteiger partial charge >= 0.3 is 0 Å². The lowest BCUT2D eigenvalue weighted by Crippen LogP contribution is -2.26. The number of H-pyrrole nitrogens is 1. The van der Waals surface area contributed by atoms with Crippen LogP contribution >= 0.6 is 12.2 Å². The Morgan fingerprint density at radius 2 is 2.10 bits per heavy atom. The Morgan fingerprint density at radius 1 is 1.37 bits per heavy atom. The summed E-state index contributed by atoms with van der Waals surface area (Å²) in [5.74, 6) is -0.190. The van der Waals surface area contributed by atoms with Crippen LogP contribution < -0.4 is 21.5 Å². The van der Waals surface area contributed by atoms with E-state index < -0.39 is 5.56 Å². The number of fused-ring (bicyclic) bond motifs is 1. The first-order valence-electron chi connectivity index (χ1n) is 10.1. The van der Waals surface area contributed by atoms with Crippen LogP contribution in [0.1, 0.15) is 51.6 Å². The standard InChI is InChI=1S/C22H26N4O3S/c1-4-13(3)26-21(29)16(20(28)25-22(26)30)12-18-15(10-11-23-19(27)5-2)14-8-6-7-9-17(14)24-18/h6-9,12-13,29H,4-5,10-11H2,1-3H3,(H,23,27)(H,25,28,30)/t13-/m1/s1.